The molecular formula is C25H22ClN5O7. The summed E-state index contributed by atoms with van der Waals surface area (Å²) in [6.07, 6.45) is 0.369. The maximum Gasteiger partial charge on any atom is 0.356 e. The molecule has 12 nitrogen and oxygen atoms in total. The van der Waals surface area contributed by atoms with Crippen molar-refractivity contribution in [3.8, 4) is 0 Å². The van der Waals surface area contributed by atoms with E-state index in [4.69, 9.17) is 16.3 Å². The van der Waals surface area contributed by atoms with Crippen LogP contribution in [0.4, 0.5) is 5.69 Å². The van der Waals surface area contributed by atoms with E-state index in [1.54, 1.807) is 42.5 Å². The molecule has 2 aromatic heterocycles. The van der Waals surface area contributed by atoms with Crippen LogP contribution < -0.4 is 10.9 Å². The largest absolute Gasteiger partial charge is 0.477 e. The van der Waals surface area contributed by atoms with Gasteiger partial charge in [0, 0.05) is 26.3 Å². The first-order chi connectivity index (χ1) is 18.2. The number of para-hydroxylation sites is 2. The van der Waals surface area contributed by atoms with Gasteiger partial charge in [-0.25, -0.2) is 19.3 Å². The van der Waals surface area contributed by atoms with Gasteiger partial charge in [-0.05, 0) is 30.7 Å². The van der Waals surface area contributed by atoms with Gasteiger partial charge in [-0.1, -0.05) is 35.9 Å². The Labute approximate surface area is 220 Å². The molecule has 38 heavy (non-hydrogen) atoms. The van der Waals surface area contributed by atoms with Crippen LogP contribution in [0, 0.1) is 0 Å². The number of carboxylic acids is 2. The standard InChI is InChI=1S/C25H22ClN5O7/c1-38-12-6-11-30-21(27-16-9-4-2-7-14(16)23(30)33)20(22(32)28-17-10-5-3-8-15(17)26)31-19(25(36)37)13-18(29-31)24(34)35/h2-5,7-10,13,20H,6,11-12H2,1H3,(H,28,32)(H,34,35)(H,36,37). The number of benzene rings is 2. The van der Waals surface area contributed by atoms with Gasteiger partial charge in [0.2, 0.25) is 0 Å². The molecular weight excluding hydrogens is 518 g/mol. The SMILES string of the molecule is COCCCn1c(C(C(=O)Nc2ccccc2Cl)n2nc(C(=O)O)cc2C(=O)O)nc2ccccc2c1=O. The number of carboxylic acid groups (broad SMARTS) is 2. The first kappa shape index (κ1) is 26.5. The summed E-state index contributed by atoms with van der Waals surface area (Å²) in [5, 5.41) is 26.3. The average Bonchev–Trinajstić information content (AvgIpc) is 3.33. The summed E-state index contributed by atoms with van der Waals surface area (Å²) in [7, 11) is 1.50. The summed E-state index contributed by atoms with van der Waals surface area (Å²) in [6, 6.07) is 12.0. The molecule has 0 bridgehead atoms. The lowest BCUT2D eigenvalue weighted by molar-refractivity contribution is -0.118. The number of anilines is 1. The predicted octanol–water partition coefficient (Wildman–Crippen LogP) is 2.91. The van der Waals surface area contributed by atoms with Crippen molar-refractivity contribution in [1.29, 1.82) is 0 Å². The molecule has 4 rings (SSSR count). The Morgan fingerprint density at radius 1 is 1.08 bits per heavy atom. The van der Waals surface area contributed by atoms with Crippen LogP contribution in [0.25, 0.3) is 10.9 Å². The van der Waals surface area contributed by atoms with E-state index in [0.29, 0.717) is 13.0 Å². The molecule has 13 heteroatoms. The number of halogens is 1. The van der Waals surface area contributed by atoms with E-state index in [2.05, 4.69) is 15.4 Å². The number of methoxy groups -OCH3 is 1. The summed E-state index contributed by atoms with van der Waals surface area (Å²) in [5.41, 5.74) is -1.20. The van der Waals surface area contributed by atoms with Gasteiger partial charge in [0.15, 0.2) is 11.7 Å². The van der Waals surface area contributed by atoms with Crippen LogP contribution in [0.1, 0.15) is 39.3 Å². The van der Waals surface area contributed by atoms with E-state index >= 15 is 0 Å². The molecule has 0 aliphatic heterocycles. The van der Waals surface area contributed by atoms with Gasteiger partial charge in [0.1, 0.15) is 11.5 Å². The zero-order valence-electron chi connectivity index (χ0n) is 20.0. The van der Waals surface area contributed by atoms with Gasteiger partial charge in [0.25, 0.3) is 11.5 Å². The average molecular weight is 540 g/mol. The first-order valence-electron chi connectivity index (χ1n) is 11.3. The van der Waals surface area contributed by atoms with Gasteiger partial charge < -0.3 is 20.3 Å². The van der Waals surface area contributed by atoms with Crippen LogP contribution in [0.2, 0.25) is 5.02 Å². The van der Waals surface area contributed by atoms with E-state index < -0.39 is 40.8 Å². The Balaban J connectivity index is 2.00. The molecule has 0 radical (unpaired) electrons. The second-order valence-electron chi connectivity index (χ2n) is 8.13. The van der Waals surface area contributed by atoms with Crippen LogP contribution in [0.3, 0.4) is 0 Å². The van der Waals surface area contributed by atoms with Crippen molar-refractivity contribution < 1.29 is 29.3 Å². The first-order valence-corrected chi connectivity index (χ1v) is 11.7. The topological polar surface area (TPSA) is 166 Å². The highest BCUT2D eigenvalue weighted by Crippen LogP contribution is 2.26. The highest BCUT2D eigenvalue weighted by Gasteiger charge is 2.34. The van der Waals surface area contributed by atoms with Crippen LogP contribution in [-0.4, -0.2) is 61.1 Å². The van der Waals surface area contributed by atoms with Crippen LogP contribution in [-0.2, 0) is 16.1 Å². The van der Waals surface area contributed by atoms with Crippen LogP contribution in [0.15, 0.2) is 59.4 Å². The molecule has 4 aromatic rings. The van der Waals surface area contributed by atoms with E-state index in [9.17, 15) is 29.4 Å². The van der Waals surface area contributed by atoms with Gasteiger partial charge in [-0.15, -0.1) is 0 Å². The third-order valence-corrected chi connectivity index (χ3v) is 5.99. The highest BCUT2D eigenvalue weighted by atomic mass is 35.5. The molecule has 0 aliphatic rings. The quantitative estimate of drug-likeness (QED) is 0.257. The minimum absolute atomic E-state index is 0.0746. The number of fused-ring (bicyclic) bond motifs is 1. The molecule has 0 spiro atoms. The smallest absolute Gasteiger partial charge is 0.356 e. The third-order valence-electron chi connectivity index (χ3n) is 5.66. The van der Waals surface area contributed by atoms with Gasteiger partial charge >= 0.3 is 11.9 Å². The number of nitrogens with zero attached hydrogens (tertiary/aromatic N) is 4. The van der Waals surface area contributed by atoms with Crippen molar-refractivity contribution in [3.05, 3.63) is 87.2 Å². The number of carbonyl (C=O) groups excluding carboxylic acids is 1. The normalized spacial score (nSPS) is 11.8. The number of nitrogens with one attached hydrogen (secondary N) is 1. The lowest BCUT2D eigenvalue weighted by Gasteiger charge is -2.22. The molecule has 0 saturated heterocycles. The molecule has 1 amide bonds. The fourth-order valence-corrected chi connectivity index (χ4v) is 4.12. The van der Waals surface area contributed by atoms with Gasteiger partial charge in [-0.2, -0.15) is 5.10 Å². The molecule has 3 N–H and O–H groups in total. The number of carbonyl (C=O) groups is 3. The van der Waals surface area contributed by atoms with Crippen molar-refractivity contribution in [1.82, 2.24) is 19.3 Å². The fraction of sp³-hybridized carbons (Fsp3) is 0.200. The molecule has 2 heterocycles. The van der Waals surface area contributed by atoms with Crippen molar-refractivity contribution >= 4 is 46.0 Å². The van der Waals surface area contributed by atoms with E-state index in [-0.39, 0.29) is 34.0 Å². The molecule has 0 aliphatic carbocycles. The molecule has 1 unspecified atom stereocenters. The molecule has 1 atom stereocenters. The maximum absolute atomic E-state index is 13.8. The summed E-state index contributed by atoms with van der Waals surface area (Å²) in [6.45, 7) is 0.367. The predicted molar refractivity (Wildman–Crippen MR) is 137 cm³/mol. The number of hydrogen-bond donors (Lipinski definition) is 3. The molecule has 196 valence electrons. The maximum atomic E-state index is 13.8. The number of amides is 1. The Kier molecular flexibility index (Phi) is 7.84. The van der Waals surface area contributed by atoms with Crippen molar-refractivity contribution in [2.75, 3.05) is 19.0 Å². The Hall–Kier alpha value is -4.55. The van der Waals surface area contributed by atoms with E-state index in [1.807, 2.05) is 0 Å². The molecule has 2 aromatic carbocycles. The van der Waals surface area contributed by atoms with Crippen molar-refractivity contribution in [3.63, 3.8) is 0 Å². The summed E-state index contributed by atoms with van der Waals surface area (Å²) < 4.78 is 7.08. The summed E-state index contributed by atoms with van der Waals surface area (Å²) >= 11 is 6.22. The third kappa shape index (κ3) is 5.26. The number of aromatic carboxylic acids is 2. The molecule has 0 saturated carbocycles. The number of ether oxygens (including phenoxy) is 1. The number of hydrogen-bond acceptors (Lipinski definition) is 7. The van der Waals surface area contributed by atoms with Gasteiger partial charge in [-0.3, -0.25) is 14.2 Å². The Morgan fingerprint density at radius 2 is 1.79 bits per heavy atom. The summed E-state index contributed by atoms with van der Waals surface area (Å²) in [5.74, 6) is -4.02. The van der Waals surface area contributed by atoms with Crippen molar-refractivity contribution in [2.45, 2.75) is 19.0 Å². The van der Waals surface area contributed by atoms with Crippen LogP contribution >= 0.6 is 11.6 Å². The molecule has 0 fully saturated rings. The van der Waals surface area contributed by atoms with Crippen molar-refractivity contribution in [2.24, 2.45) is 0 Å². The minimum atomic E-state index is -1.66. The number of aromatic nitrogens is 4. The second-order valence-corrected chi connectivity index (χ2v) is 8.54. The lowest BCUT2D eigenvalue weighted by Crippen LogP contribution is -2.37. The zero-order chi connectivity index (χ0) is 27.4. The lowest BCUT2D eigenvalue weighted by atomic mass is 10.1. The summed E-state index contributed by atoms with van der Waals surface area (Å²) in [4.78, 5) is 55.6. The highest BCUT2D eigenvalue weighted by molar-refractivity contribution is 6.33. The monoisotopic (exact) mass is 539 g/mol. The van der Waals surface area contributed by atoms with Gasteiger partial charge in [0.05, 0.1) is 21.6 Å². The van der Waals surface area contributed by atoms with Crippen LogP contribution in [0.5, 0.6) is 0 Å². The van der Waals surface area contributed by atoms with E-state index in [1.165, 1.54) is 17.7 Å². The Bertz CT molecular complexity index is 1600. The zero-order valence-corrected chi connectivity index (χ0v) is 20.8. The van der Waals surface area contributed by atoms with E-state index in [0.717, 1.165) is 10.7 Å². The number of rotatable bonds is 10. The minimum Gasteiger partial charge on any atom is -0.477 e. The Morgan fingerprint density at radius 3 is 2.47 bits per heavy atom. The fourth-order valence-electron chi connectivity index (χ4n) is 3.93. The second kappa shape index (κ2) is 11.2.